The monoisotopic (exact) mass is 898 g/mol. The summed E-state index contributed by atoms with van der Waals surface area (Å²) in [6.45, 7) is 19.8. The van der Waals surface area contributed by atoms with Crippen LogP contribution >= 0.6 is 11.3 Å². The number of hydrogen-bond acceptors (Lipinski definition) is 3. The number of fused-ring (bicyclic) bond motifs is 10. The number of rotatable bonds is 5. The number of nitrogens with zero attached hydrogens (tertiary/aromatic N) is 2. The molecule has 1 aromatic heterocycles. The maximum atomic E-state index is 2.71. The Bertz CT molecular complexity index is 3500. The summed E-state index contributed by atoms with van der Waals surface area (Å²) in [6, 6.07) is 63.0. The van der Waals surface area contributed by atoms with E-state index in [2.05, 4.69) is 229 Å². The zero-order chi connectivity index (χ0) is 46.5. The highest BCUT2D eigenvalue weighted by Crippen LogP contribution is 2.53. The van der Waals surface area contributed by atoms with Crippen LogP contribution in [0.15, 0.2) is 164 Å². The van der Waals surface area contributed by atoms with Gasteiger partial charge in [0.2, 0.25) is 6.71 Å². The molecule has 0 saturated carbocycles. The largest absolute Gasteiger partial charge is 0.311 e. The van der Waals surface area contributed by atoms with Crippen LogP contribution in [-0.4, -0.2) is 6.71 Å². The zero-order valence-corrected chi connectivity index (χ0v) is 41.6. The lowest BCUT2D eigenvalue weighted by Crippen LogP contribution is -2.55. The van der Waals surface area contributed by atoms with Crippen LogP contribution in [0.3, 0.4) is 0 Å². The van der Waals surface area contributed by atoms with E-state index in [4.69, 9.17) is 0 Å². The normalized spacial score (nSPS) is 17.6. The van der Waals surface area contributed by atoms with Gasteiger partial charge in [-0.3, -0.25) is 0 Å². The molecule has 2 aliphatic carbocycles. The molecule has 0 N–H and O–H groups in total. The summed E-state index contributed by atoms with van der Waals surface area (Å²) in [5, 5.41) is 2.67. The van der Waals surface area contributed by atoms with Gasteiger partial charge >= 0.3 is 0 Å². The Morgan fingerprint density at radius 1 is 0.441 bits per heavy atom. The molecule has 0 spiro atoms. The Morgan fingerprint density at radius 2 is 1.04 bits per heavy atom. The van der Waals surface area contributed by atoms with E-state index < -0.39 is 0 Å². The predicted molar refractivity (Wildman–Crippen MR) is 295 cm³/mol. The van der Waals surface area contributed by atoms with Gasteiger partial charge in [-0.15, -0.1) is 11.3 Å². The molecular weight excluding hydrogens is 840 g/mol. The Hall–Kier alpha value is -6.36. The standard InChI is InChI=1S/C64H59BN2S/c1-61(2)30-31-62(3,4)51-36-43(27-29-50(51)61)67-56-39-53-52(63(5,6)32-33-64(53,7)8)38-55(56)65-54-37-44(66(41-18-11-9-12-19-41)42-20-13-10-14-21-42)26-28-46(54)49-34-40(35-57(67)59(49)65)45-23-17-24-48-47-22-15-16-25-58(47)68-60(45)48/h9-29,34-39H,30-33H2,1-8H3. The second-order valence-corrected chi connectivity index (χ2v) is 24.1. The number of anilines is 6. The van der Waals surface area contributed by atoms with Crippen molar-refractivity contribution in [1.29, 1.82) is 0 Å². The minimum absolute atomic E-state index is 0.0458. The fourth-order valence-electron chi connectivity index (χ4n) is 12.9. The molecule has 0 bridgehead atoms. The van der Waals surface area contributed by atoms with Gasteiger partial charge in [0.05, 0.1) is 0 Å². The number of thiophene rings is 1. The number of hydrogen-bond donors (Lipinski definition) is 0. The van der Waals surface area contributed by atoms with Crippen molar-refractivity contribution in [2.45, 2.75) is 103 Å². The maximum Gasteiger partial charge on any atom is 0.248 e. The second-order valence-electron chi connectivity index (χ2n) is 23.0. The van der Waals surface area contributed by atoms with E-state index in [1.165, 1.54) is 130 Å². The molecule has 2 aliphatic heterocycles. The molecule has 0 fully saturated rings. The van der Waals surface area contributed by atoms with E-state index in [1.807, 2.05) is 11.3 Å². The minimum Gasteiger partial charge on any atom is -0.311 e. The fourth-order valence-corrected chi connectivity index (χ4v) is 14.1. The first kappa shape index (κ1) is 41.8. The Kier molecular flexibility index (Phi) is 8.96. The molecule has 13 rings (SSSR count). The van der Waals surface area contributed by atoms with Gasteiger partial charge in [0.15, 0.2) is 0 Å². The van der Waals surface area contributed by atoms with E-state index in [0.717, 1.165) is 11.4 Å². The lowest BCUT2D eigenvalue weighted by Gasteiger charge is -2.45. The van der Waals surface area contributed by atoms with Gasteiger partial charge in [-0.25, -0.2) is 0 Å². The highest BCUT2D eigenvalue weighted by Gasteiger charge is 2.47. The van der Waals surface area contributed by atoms with Crippen LogP contribution in [0.25, 0.3) is 42.4 Å². The number of benzene rings is 8. The molecule has 0 unspecified atom stereocenters. The summed E-state index contributed by atoms with van der Waals surface area (Å²) in [6.07, 6.45) is 4.72. The van der Waals surface area contributed by atoms with Gasteiger partial charge in [-0.1, -0.05) is 152 Å². The van der Waals surface area contributed by atoms with Crippen molar-refractivity contribution in [3.05, 3.63) is 186 Å². The summed E-state index contributed by atoms with van der Waals surface area (Å²) in [7, 11) is 0. The lowest BCUT2D eigenvalue weighted by molar-refractivity contribution is 0.332. The summed E-state index contributed by atoms with van der Waals surface area (Å²) < 4.78 is 2.69. The van der Waals surface area contributed by atoms with Gasteiger partial charge in [-0.05, 0) is 176 Å². The molecular formula is C64H59BN2S. The first-order valence-electron chi connectivity index (χ1n) is 25.0. The van der Waals surface area contributed by atoms with E-state index in [0.29, 0.717) is 0 Å². The highest BCUT2D eigenvalue weighted by atomic mass is 32.1. The van der Waals surface area contributed by atoms with Gasteiger partial charge in [0.1, 0.15) is 0 Å². The van der Waals surface area contributed by atoms with Crippen molar-refractivity contribution in [2.24, 2.45) is 0 Å². The quantitative estimate of drug-likeness (QED) is 0.159. The van der Waals surface area contributed by atoms with Gasteiger partial charge < -0.3 is 9.80 Å². The van der Waals surface area contributed by atoms with Crippen molar-refractivity contribution in [2.75, 3.05) is 9.80 Å². The van der Waals surface area contributed by atoms with Crippen molar-refractivity contribution in [1.82, 2.24) is 0 Å². The van der Waals surface area contributed by atoms with Crippen molar-refractivity contribution < 1.29 is 0 Å². The Balaban J connectivity index is 1.13. The van der Waals surface area contributed by atoms with Crippen molar-refractivity contribution in [3.8, 4) is 22.3 Å². The smallest absolute Gasteiger partial charge is 0.248 e. The van der Waals surface area contributed by atoms with E-state index >= 15 is 0 Å². The third-order valence-electron chi connectivity index (χ3n) is 17.0. The molecule has 4 aliphatic rings. The maximum absolute atomic E-state index is 2.71. The van der Waals surface area contributed by atoms with Crippen LogP contribution in [-0.2, 0) is 21.7 Å². The summed E-state index contributed by atoms with van der Waals surface area (Å²) in [5.41, 5.74) is 23.1. The van der Waals surface area contributed by atoms with Gasteiger partial charge in [0.25, 0.3) is 0 Å². The topological polar surface area (TPSA) is 6.48 Å². The van der Waals surface area contributed by atoms with Crippen LogP contribution in [0.4, 0.5) is 34.1 Å². The molecule has 4 heteroatoms. The Morgan fingerprint density at radius 3 is 1.74 bits per heavy atom. The van der Waals surface area contributed by atoms with Crippen molar-refractivity contribution in [3.63, 3.8) is 0 Å². The minimum atomic E-state index is 0.0458. The van der Waals surface area contributed by atoms with Crippen molar-refractivity contribution >= 4 is 88.7 Å². The molecule has 2 nitrogen and oxygen atoms in total. The van der Waals surface area contributed by atoms with E-state index in [1.54, 1.807) is 0 Å². The van der Waals surface area contributed by atoms with Crippen LogP contribution in [0.2, 0.25) is 0 Å². The third-order valence-corrected chi connectivity index (χ3v) is 18.2. The van der Waals surface area contributed by atoms with E-state index in [-0.39, 0.29) is 28.4 Å². The summed E-state index contributed by atoms with van der Waals surface area (Å²) >= 11 is 1.93. The fraction of sp³-hybridized carbons (Fsp3) is 0.250. The molecule has 0 saturated heterocycles. The summed E-state index contributed by atoms with van der Waals surface area (Å²) in [4.78, 5) is 5.14. The average Bonchev–Trinajstić information content (AvgIpc) is 3.89. The highest BCUT2D eigenvalue weighted by molar-refractivity contribution is 7.26. The molecule has 68 heavy (non-hydrogen) atoms. The van der Waals surface area contributed by atoms with Gasteiger partial charge in [0, 0.05) is 54.3 Å². The third kappa shape index (κ3) is 6.15. The average molecular weight is 899 g/mol. The van der Waals surface area contributed by atoms with Crippen LogP contribution in [0.5, 0.6) is 0 Å². The molecule has 334 valence electrons. The van der Waals surface area contributed by atoms with E-state index in [9.17, 15) is 0 Å². The van der Waals surface area contributed by atoms with Crippen LogP contribution in [0, 0.1) is 0 Å². The molecule has 0 amide bonds. The van der Waals surface area contributed by atoms with Crippen LogP contribution in [0.1, 0.15) is 103 Å². The summed E-state index contributed by atoms with van der Waals surface area (Å²) in [5.74, 6) is 0. The molecule has 8 aromatic carbocycles. The lowest BCUT2D eigenvalue weighted by atomic mass is 9.36. The Labute approximate surface area is 407 Å². The molecule has 3 heterocycles. The first-order chi connectivity index (χ1) is 32.7. The van der Waals surface area contributed by atoms with Crippen LogP contribution < -0.4 is 26.2 Å². The second kappa shape index (κ2) is 14.6. The number of para-hydroxylation sites is 2. The zero-order valence-electron chi connectivity index (χ0n) is 40.8. The molecule has 0 atom stereocenters. The molecule has 9 aromatic rings. The van der Waals surface area contributed by atoms with Gasteiger partial charge in [-0.2, -0.15) is 0 Å². The predicted octanol–water partition coefficient (Wildman–Crippen LogP) is 16.2. The first-order valence-corrected chi connectivity index (χ1v) is 25.8. The molecule has 0 radical (unpaired) electrons. The SMILES string of the molecule is CC1(C)CCC(C)(C)c2cc(N3c4cc5c(cc4B4c6cc(N(c7ccccc7)c7ccccc7)ccc6-c6cc(-c7cccc8c7sc7ccccc78)cc3c64)C(C)(C)CCC5(C)C)ccc21.